The van der Waals surface area contributed by atoms with Gasteiger partial charge in [-0.15, -0.1) is 0 Å². The van der Waals surface area contributed by atoms with Gasteiger partial charge in [0.25, 0.3) is 0 Å². The highest BCUT2D eigenvalue weighted by Crippen LogP contribution is 2.33. The van der Waals surface area contributed by atoms with Crippen LogP contribution in [0.2, 0.25) is 0 Å². The molecule has 1 amide bonds. The van der Waals surface area contributed by atoms with Crippen LogP contribution >= 0.6 is 0 Å². The second-order valence-corrected chi connectivity index (χ2v) is 5.09. The van der Waals surface area contributed by atoms with Gasteiger partial charge in [-0.05, 0) is 30.2 Å². The van der Waals surface area contributed by atoms with Crippen molar-refractivity contribution in [3.8, 4) is 0 Å². The Bertz CT molecular complexity index is 609. The number of para-hydroxylation sites is 2. The van der Waals surface area contributed by atoms with Gasteiger partial charge in [0.2, 0.25) is 5.91 Å². The number of likely N-dealkylation sites (N-methyl/N-ethyl adjacent to an activating group) is 1. The van der Waals surface area contributed by atoms with Gasteiger partial charge in [0.05, 0.1) is 5.92 Å². The van der Waals surface area contributed by atoms with Crippen LogP contribution < -0.4 is 10.2 Å². The van der Waals surface area contributed by atoms with Gasteiger partial charge in [0, 0.05) is 25.0 Å². The van der Waals surface area contributed by atoms with Gasteiger partial charge in [-0.2, -0.15) is 0 Å². The van der Waals surface area contributed by atoms with Crippen molar-refractivity contribution in [2.75, 3.05) is 23.8 Å². The lowest BCUT2D eigenvalue weighted by atomic mass is 9.90. The van der Waals surface area contributed by atoms with Crippen molar-refractivity contribution in [1.29, 1.82) is 0 Å². The number of carbonyl (C=O) groups excluding carboxylic acids is 1. The summed E-state index contributed by atoms with van der Waals surface area (Å²) >= 11 is 0. The van der Waals surface area contributed by atoms with Crippen LogP contribution in [0.25, 0.3) is 0 Å². The molecule has 3 nitrogen and oxygen atoms in total. The van der Waals surface area contributed by atoms with E-state index < -0.39 is 0 Å². The van der Waals surface area contributed by atoms with E-state index in [1.54, 1.807) is 4.90 Å². The molecule has 102 valence electrons. The fourth-order valence-electron chi connectivity index (χ4n) is 2.74. The normalized spacial score (nSPS) is 16.9. The molecule has 1 N–H and O–H groups in total. The van der Waals surface area contributed by atoms with E-state index in [2.05, 4.69) is 5.32 Å². The molecule has 0 saturated heterocycles. The third-order valence-corrected chi connectivity index (χ3v) is 3.86. The third kappa shape index (κ3) is 2.27. The highest BCUT2D eigenvalue weighted by molar-refractivity contribution is 5.98. The van der Waals surface area contributed by atoms with Gasteiger partial charge in [-0.3, -0.25) is 4.79 Å². The molecule has 3 heteroatoms. The maximum Gasteiger partial charge on any atom is 0.234 e. The van der Waals surface area contributed by atoms with E-state index in [0.717, 1.165) is 29.9 Å². The molecule has 0 bridgehead atoms. The molecule has 0 aliphatic carbocycles. The Morgan fingerprint density at radius 3 is 2.60 bits per heavy atom. The molecule has 2 aromatic rings. The molecule has 20 heavy (non-hydrogen) atoms. The molecule has 1 aliphatic rings. The number of anilines is 2. The van der Waals surface area contributed by atoms with Crippen LogP contribution in [0.3, 0.4) is 0 Å². The first-order valence-corrected chi connectivity index (χ1v) is 6.93. The molecule has 0 spiro atoms. The van der Waals surface area contributed by atoms with E-state index in [-0.39, 0.29) is 11.8 Å². The van der Waals surface area contributed by atoms with E-state index in [1.807, 2.05) is 61.6 Å². The van der Waals surface area contributed by atoms with Crippen molar-refractivity contribution < 1.29 is 4.79 Å². The smallest absolute Gasteiger partial charge is 0.234 e. The molecule has 3 rings (SSSR count). The average Bonchev–Trinajstić information content (AvgIpc) is 2.54. The number of nitrogens with zero attached hydrogens (tertiary/aromatic N) is 1. The number of carbonyl (C=O) groups is 1. The number of hydrogen-bond donors (Lipinski definition) is 1. The number of rotatable bonds is 2. The van der Waals surface area contributed by atoms with Crippen LogP contribution in [0.5, 0.6) is 0 Å². The SMILES string of the molecule is CN(C(=O)C1CCNc2ccccc21)c1ccccc1. The Labute approximate surface area is 119 Å². The van der Waals surface area contributed by atoms with Gasteiger partial charge < -0.3 is 10.2 Å². The van der Waals surface area contributed by atoms with Gasteiger partial charge >= 0.3 is 0 Å². The third-order valence-electron chi connectivity index (χ3n) is 3.86. The van der Waals surface area contributed by atoms with Gasteiger partial charge in [-0.25, -0.2) is 0 Å². The van der Waals surface area contributed by atoms with Crippen LogP contribution in [-0.4, -0.2) is 19.5 Å². The Kier molecular flexibility index (Phi) is 3.42. The lowest BCUT2D eigenvalue weighted by Crippen LogP contribution is -2.34. The second kappa shape index (κ2) is 5.37. The summed E-state index contributed by atoms with van der Waals surface area (Å²) in [5, 5.41) is 3.36. The van der Waals surface area contributed by atoms with Crippen molar-refractivity contribution in [2.24, 2.45) is 0 Å². The number of nitrogens with one attached hydrogen (secondary N) is 1. The van der Waals surface area contributed by atoms with E-state index in [0.29, 0.717) is 0 Å². The summed E-state index contributed by atoms with van der Waals surface area (Å²) in [6.45, 7) is 0.843. The fraction of sp³-hybridized carbons (Fsp3) is 0.235. The van der Waals surface area contributed by atoms with Crippen molar-refractivity contribution in [1.82, 2.24) is 0 Å². The lowest BCUT2D eigenvalue weighted by Gasteiger charge is -2.29. The van der Waals surface area contributed by atoms with Gasteiger partial charge in [-0.1, -0.05) is 36.4 Å². The molecular weight excluding hydrogens is 248 g/mol. The average molecular weight is 266 g/mol. The topological polar surface area (TPSA) is 32.3 Å². The molecule has 0 saturated carbocycles. The second-order valence-electron chi connectivity index (χ2n) is 5.09. The number of fused-ring (bicyclic) bond motifs is 1. The van der Waals surface area contributed by atoms with Crippen molar-refractivity contribution in [3.63, 3.8) is 0 Å². The summed E-state index contributed by atoms with van der Waals surface area (Å²) < 4.78 is 0. The first-order chi connectivity index (χ1) is 9.77. The van der Waals surface area contributed by atoms with E-state index in [9.17, 15) is 4.79 Å². The van der Waals surface area contributed by atoms with Gasteiger partial charge in [0.1, 0.15) is 0 Å². The standard InChI is InChI=1S/C17H18N2O/c1-19(13-7-3-2-4-8-13)17(20)15-11-12-18-16-10-6-5-9-14(15)16/h2-10,15,18H,11-12H2,1H3. The highest BCUT2D eigenvalue weighted by atomic mass is 16.2. The van der Waals surface area contributed by atoms with Crippen LogP contribution in [-0.2, 0) is 4.79 Å². The minimum absolute atomic E-state index is 0.0577. The maximum atomic E-state index is 12.8. The highest BCUT2D eigenvalue weighted by Gasteiger charge is 2.28. The summed E-state index contributed by atoms with van der Waals surface area (Å²) in [5.41, 5.74) is 3.12. The molecule has 0 aromatic heterocycles. The predicted molar refractivity (Wildman–Crippen MR) is 82.1 cm³/mol. The first-order valence-electron chi connectivity index (χ1n) is 6.93. The quantitative estimate of drug-likeness (QED) is 0.905. The van der Waals surface area contributed by atoms with E-state index in [4.69, 9.17) is 0 Å². The van der Waals surface area contributed by atoms with E-state index >= 15 is 0 Å². The zero-order valence-corrected chi connectivity index (χ0v) is 11.5. The molecule has 1 heterocycles. The van der Waals surface area contributed by atoms with Crippen molar-refractivity contribution in [3.05, 3.63) is 60.2 Å². The fourth-order valence-corrected chi connectivity index (χ4v) is 2.74. The van der Waals surface area contributed by atoms with E-state index in [1.165, 1.54) is 0 Å². The predicted octanol–water partition coefficient (Wildman–Crippen LogP) is 3.25. The number of benzene rings is 2. The Morgan fingerprint density at radius 1 is 1.10 bits per heavy atom. The number of amides is 1. The minimum atomic E-state index is -0.0577. The molecule has 1 aliphatic heterocycles. The molecule has 1 unspecified atom stereocenters. The minimum Gasteiger partial charge on any atom is -0.385 e. The number of hydrogen-bond acceptors (Lipinski definition) is 2. The van der Waals surface area contributed by atoms with Crippen LogP contribution in [0.1, 0.15) is 17.9 Å². The zero-order chi connectivity index (χ0) is 13.9. The summed E-state index contributed by atoms with van der Waals surface area (Å²) in [6, 6.07) is 17.9. The summed E-state index contributed by atoms with van der Waals surface area (Å²) in [7, 11) is 1.85. The monoisotopic (exact) mass is 266 g/mol. The lowest BCUT2D eigenvalue weighted by molar-refractivity contribution is -0.119. The Hall–Kier alpha value is -2.29. The molecule has 0 fully saturated rings. The first kappa shape index (κ1) is 12.7. The molecule has 2 aromatic carbocycles. The van der Waals surface area contributed by atoms with Crippen molar-refractivity contribution in [2.45, 2.75) is 12.3 Å². The van der Waals surface area contributed by atoms with Crippen molar-refractivity contribution >= 4 is 17.3 Å². The summed E-state index contributed by atoms with van der Waals surface area (Å²) in [5.74, 6) is 0.0998. The summed E-state index contributed by atoms with van der Waals surface area (Å²) in [6.07, 6.45) is 0.840. The van der Waals surface area contributed by atoms with Crippen LogP contribution in [0.15, 0.2) is 54.6 Å². The molecule has 0 radical (unpaired) electrons. The van der Waals surface area contributed by atoms with Crippen LogP contribution in [0, 0.1) is 0 Å². The summed E-state index contributed by atoms with van der Waals surface area (Å²) in [4.78, 5) is 14.5. The van der Waals surface area contributed by atoms with Crippen LogP contribution in [0.4, 0.5) is 11.4 Å². The Balaban J connectivity index is 1.89. The molecular formula is C17H18N2O. The maximum absolute atomic E-state index is 12.8. The Morgan fingerprint density at radius 2 is 1.80 bits per heavy atom. The zero-order valence-electron chi connectivity index (χ0n) is 11.5. The van der Waals surface area contributed by atoms with Gasteiger partial charge in [0.15, 0.2) is 0 Å². The molecule has 1 atom stereocenters. The largest absolute Gasteiger partial charge is 0.385 e.